The first kappa shape index (κ1) is 14.0. The van der Waals surface area contributed by atoms with E-state index in [2.05, 4.69) is 10.3 Å². The molecule has 0 saturated carbocycles. The zero-order valence-electron chi connectivity index (χ0n) is 11.8. The van der Waals surface area contributed by atoms with Gasteiger partial charge in [0.05, 0.1) is 21.3 Å². The van der Waals surface area contributed by atoms with E-state index in [1.54, 1.807) is 33.6 Å². The number of methoxy groups -OCH3 is 3. The van der Waals surface area contributed by atoms with Crippen LogP contribution in [0.4, 0.5) is 5.82 Å². The summed E-state index contributed by atoms with van der Waals surface area (Å²) >= 11 is 0. The molecule has 1 aromatic heterocycles. The Bertz CT molecular complexity index is 556. The molecule has 0 saturated heterocycles. The van der Waals surface area contributed by atoms with Crippen LogP contribution in [0.2, 0.25) is 0 Å². The van der Waals surface area contributed by atoms with Gasteiger partial charge in [0.2, 0.25) is 5.75 Å². The van der Waals surface area contributed by atoms with Crippen LogP contribution in [0.25, 0.3) is 0 Å². The summed E-state index contributed by atoms with van der Waals surface area (Å²) < 4.78 is 15.7. The van der Waals surface area contributed by atoms with Crippen molar-refractivity contribution in [3.63, 3.8) is 0 Å². The quantitative estimate of drug-likeness (QED) is 0.877. The number of hydrogen-bond donors (Lipinski definition) is 1. The van der Waals surface area contributed by atoms with Gasteiger partial charge in [-0.2, -0.15) is 0 Å². The molecule has 5 nitrogen and oxygen atoms in total. The lowest BCUT2D eigenvalue weighted by Gasteiger charge is -2.13. The Morgan fingerprint density at radius 2 is 1.70 bits per heavy atom. The highest BCUT2D eigenvalue weighted by Gasteiger charge is 2.10. The molecule has 0 atom stereocenters. The van der Waals surface area contributed by atoms with E-state index in [1.165, 1.54) is 0 Å². The lowest BCUT2D eigenvalue weighted by molar-refractivity contribution is 0.355. The van der Waals surface area contributed by atoms with Gasteiger partial charge in [-0.05, 0) is 17.7 Å². The van der Waals surface area contributed by atoms with Crippen molar-refractivity contribution in [3.05, 3.63) is 42.1 Å². The van der Waals surface area contributed by atoms with Crippen molar-refractivity contribution in [2.75, 3.05) is 26.6 Å². The van der Waals surface area contributed by atoms with E-state index >= 15 is 0 Å². The molecular weight excluding hydrogens is 256 g/mol. The van der Waals surface area contributed by atoms with Gasteiger partial charge in [0, 0.05) is 18.8 Å². The van der Waals surface area contributed by atoms with Crippen LogP contribution in [-0.4, -0.2) is 26.3 Å². The van der Waals surface area contributed by atoms with Crippen molar-refractivity contribution < 1.29 is 14.2 Å². The summed E-state index contributed by atoms with van der Waals surface area (Å²) in [6.07, 6.45) is 1.68. The fourth-order valence-corrected chi connectivity index (χ4v) is 1.84. The number of rotatable bonds is 6. The molecule has 0 unspecified atom stereocenters. The molecule has 0 bridgehead atoms. The number of hydrogen-bond acceptors (Lipinski definition) is 5. The van der Waals surface area contributed by atoms with Crippen molar-refractivity contribution in [1.29, 1.82) is 0 Å². The van der Waals surface area contributed by atoms with E-state index < -0.39 is 0 Å². The van der Waals surface area contributed by atoms with Gasteiger partial charge in [0.15, 0.2) is 11.6 Å². The molecule has 2 rings (SSSR count). The summed E-state index contributed by atoms with van der Waals surface area (Å²) in [4.78, 5) is 4.27. The van der Waals surface area contributed by atoms with E-state index in [0.717, 1.165) is 11.3 Å². The molecule has 1 aromatic carbocycles. The smallest absolute Gasteiger partial charge is 0.203 e. The molecule has 0 aliphatic heterocycles. The second-order valence-electron chi connectivity index (χ2n) is 4.10. The molecule has 0 amide bonds. The van der Waals surface area contributed by atoms with Crippen LogP contribution < -0.4 is 19.5 Å². The van der Waals surface area contributed by atoms with Gasteiger partial charge in [0.25, 0.3) is 0 Å². The molecule has 20 heavy (non-hydrogen) atoms. The first-order valence-corrected chi connectivity index (χ1v) is 6.22. The summed E-state index contributed by atoms with van der Waals surface area (Å²) in [6.45, 7) is 0.639. The molecule has 0 aliphatic carbocycles. The molecule has 0 fully saturated rings. The summed E-state index contributed by atoms with van der Waals surface area (Å²) in [5.74, 6) is 2.75. The van der Waals surface area contributed by atoms with Crippen LogP contribution in [0.3, 0.4) is 0 Å². The summed E-state index contributed by atoms with van der Waals surface area (Å²) in [6, 6.07) is 9.61. The fourth-order valence-electron chi connectivity index (χ4n) is 1.84. The monoisotopic (exact) mass is 274 g/mol. The Labute approximate surface area is 118 Å². The number of anilines is 1. The van der Waals surface area contributed by atoms with Gasteiger partial charge in [-0.3, -0.25) is 0 Å². The molecule has 5 heteroatoms. The van der Waals surface area contributed by atoms with Gasteiger partial charge < -0.3 is 19.5 Å². The van der Waals surface area contributed by atoms with Crippen LogP contribution >= 0.6 is 0 Å². The summed E-state index contributed by atoms with van der Waals surface area (Å²) in [7, 11) is 4.85. The van der Waals surface area contributed by atoms with Gasteiger partial charge in [0.1, 0.15) is 5.75 Å². The minimum absolute atomic E-state index is 0.600. The normalized spacial score (nSPS) is 9.95. The van der Waals surface area contributed by atoms with Crippen LogP contribution in [0.5, 0.6) is 17.2 Å². The molecule has 1 N–H and O–H groups in total. The Balaban J connectivity index is 2.10. The summed E-state index contributed by atoms with van der Waals surface area (Å²) in [5.41, 5.74) is 1.12. The van der Waals surface area contributed by atoms with E-state index in [9.17, 15) is 0 Å². The topological polar surface area (TPSA) is 52.6 Å². The number of nitrogens with one attached hydrogen (secondary N) is 1. The first-order valence-electron chi connectivity index (χ1n) is 6.22. The van der Waals surface area contributed by atoms with Crippen molar-refractivity contribution in [2.24, 2.45) is 0 Å². The van der Waals surface area contributed by atoms with E-state index in [-0.39, 0.29) is 0 Å². The first-order chi connectivity index (χ1) is 9.78. The average Bonchev–Trinajstić information content (AvgIpc) is 2.52. The molecule has 2 aromatic rings. The SMILES string of the molecule is COc1ccc(CNc2nccc(OC)c2OC)cc1. The highest BCUT2D eigenvalue weighted by atomic mass is 16.5. The molecular formula is C15H18N2O3. The van der Waals surface area contributed by atoms with Crippen molar-refractivity contribution in [1.82, 2.24) is 4.98 Å². The highest BCUT2D eigenvalue weighted by molar-refractivity contribution is 5.58. The Kier molecular flexibility index (Phi) is 4.65. The van der Waals surface area contributed by atoms with Crippen LogP contribution in [0.15, 0.2) is 36.5 Å². The van der Waals surface area contributed by atoms with Crippen molar-refractivity contribution >= 4 is 5.82 Å². The van der Waals surface area contributed by atoms with Gasteiger partial charge in [-0.15, -0.1) is 0 Å². The van der Waals surface area contributed by atoms with Crippen LogP contribution in [0.1, 0.15) is 5.56 Å². The number of aromatic nitrogens is 1. The standard InChI is InChI=1S/C15H18N2O3/c1-18-12-6-4-11(5-7-12)10-17-15-14(20-3)13(19-2)8-9-16-15/h4-9H,10H2,1-3H3,(H,16,17). The minimum atomic E-state index is 0.600. The minimum Gasteiger partial charge on any atom is -0.497 e. The number of ether oxygens (including phenoxy) is 3. The molecule has 106 valence electrons. The predicted molar refractivity (Wildman–Crippen MR) is 77.7 cm³/mol. The number of pyridine rings is 1. The van der Waals surface area contributed by atoms with Crippen LogP contribution in [-0.2, 0) is 6.54 Å². The Morgan fingerprint density at radius 3 is 2.30 bits per heavy atom. The maximum Gasteiger partial charge on any atom is 0.203 e. The van der Waals surface area contributed by atoms with E-state index in [4.69, 9.17) is 14.2 Å². The largest absolute Gasteiger partial charge is 0.497 e. The molecule has 0 spiro atoms. The Hall–Kier alpha value is -2.43. The number of nitrogens with zero attached hydrogens (tertiary/aromatic N) is 1. The fraction of sp³-hybridized carbons (Fsp3) is 0.267. The zero-order chi connectivity index (χ0) is 14.4. The van der Waals surface area contributed by atoms with Crippen molar-refractivity contribution in [2.45, 2.75) is 6.54 Å². The second-order valence-corrected chi connectivity index (χ2v) is 4.10. The average molecular weight is 274 g/mol. The summed E-state index contributed by atoms with van der Waals surface area (Å²) in [5, 5.41) is 3.24. The van der Waals surface area contributed by atoms with E-state index in [0.29, 0.717) is 23.9 Å². The molecule has 1 heterocycles. The van der Waals surface area contributed by atoms with Gasteiger partial charge in [-0.25, -0.2) is 4.98 Å². The van der Waals surface area contributed by atoms with Gasteiger partial charge >= 0.3 is 0 Å². The number of benzene rings is 1. The second kappa shape index (κ2) is 6.65. The van der Waals surface area contributed by atoms with Crippen LogP contribution in [0, 0.1) is 0 Å². The Morgan fingerprint density at radius 1 is 0.950 bits per heavy atom. The highest BCUT2D eigenvalue weighted by Crippen LogP contribution is 2.32. The molecule has 0 aliphatic rings. The maximum atomic E-state index is 5.32. The van der Waals surface area contributed by atoms with Crippen molar-refractivity contribution in [3.8, 4) is 17.2 Å². The van der Waals surface area contributed by atoms with E-state index in [1.807, 2.05) is 24.3 Å². The third-order valence-corrected chi connectivity index (χ3v) is 2.91. The predicted octanol–water partition coefficient (Wildman–Crippen LogP) is 2.72. The molecule has 0 radical (unpaired) electrons. The maximum absolute atomic E-state index is 5.32. The van der Waals surface area contributed by atoms with Gasteiger partial charge in [-0.1, -0.05) is 12.1 Å². The lowest BCUT2D eigenvalue weighted by atomic mass is 10.2. The third-order valence-electron chi connectivity index (χ3n) is 2.91. The lowest BCUT2D eigenvalue weighted by Crippen LogP contribution is -2.04. The third kappa shape index (κ3) is 3.12. The zero-order valence-corrected chi connectivity index (χ0v) is 11.8.